The molecule has 0 bridgehead atoms. The lowest BCUT2D eigenvalue weighted by Gasteiger charge is -2.33. The summed E-state index contributed by atoms with van der Waals surface area (Å²) in [7, 11) is 0. The highest BCUT2D eigenvalue weighted by atomic mass is 16.6. The van der Waals surface area contributed by atoms with Crippen LogP contribution >= 0.6 is 0 Å². The van der Waals surface area contributed by atoms with Gasteiger partial charge in [0.15, 0.2) is 5.78 Å². The van der Waals surface area contributed by atoms with Gasteiger partial charge >= 0.3 is 6.09 Å². The maximum absolute atomic E-state index is 12.6. The molecule has 1 heterocycles. The van der Waals surface area contributed by atoms with Crippen LogP contribution in [0.1, 0.15) is 27.0 Å². The van der Waals surface area contributed by atoms with Gasteiger partial charge < -0.3 is 9.64 Å². The molecule has 5 nitrogen and oxygen atoms in total. The van der Waals surface area contributed by atoms with Crippen LogP contribution in [0.3, 0.4) is 0 Å². The van der Waals surface area contributed by atoms with Crippen LogP contribution in [0.25, 0.3) is 0 Å². The maximum atomic E-state index is 12.6. The zero-order valence-corrected chi connectivity index (χ0v) is 16.0. The van der Waals surface area contributed by atoms with E-state index < -0.39 is 0 Å². The average molecular weight is 366 g/mol. The minimum absolute atomic E-state index is 0.132. The Morgan fingerprint density at radius 2 is 1.67 bits per heavy atom. The van der Waals surface area contributed by atoms with Crippen LogP contribution in [-0.2, 0) is 11.3 Å². The largest absolute Gasteiger partial charge is 0.445 e. The summed E-state index contributed by atoms with van der Waals surface area (Å²) in [5, 5.41) is 0. The minimum atomic E-state index is -0.292. The van der Waals surface area contributed by atoms with Crippen LogP contribution in [0.4, 0.5) is 4.79 Å². The molecule has 0 radical (unpaired) electrons. The van der Waals surface area contributed by atoms with E-state index in [1.165, 1.54) is 0 Å². The van der Waals surface area contributed by atoms with Gasteiger partial charge in [0, 0.05) is 31.7 Å². The number of carbonyl (C=O) groups is 2. The second-order valence-electron chi connectivity index (χ2n) is 7.04. The molecule has 2 aromatic carbocycles. The number of aryl methyl sites for hydroxylation is 2. The third-order valence-corrected chi connectivity index (χ3v) is 4.89. The molecule has 0 unspecified atom stereocenters. The first-order valence-corrected chi connectivity index (χ1v) is 9.31. The van der Waals surface area contributed by atoms with Crippen LogP contribution < -0.4 is 0 Å². The fraction of sp³-hybridized carbons (Fsp3) is 0.364. The topological polar surface area (TPSA) is 49.9 Å². The molecule has 1 aliphatic rings. The van der Waals surface area contributed by atoms with Gasteiger partial charge in [-0.25, -0.2) is 4.79 Å². The zero-order valence-electron chi connectivity index (χ0n) is 16.0. The van der Waals surface area contributed by atoms with Crippen LogP contribution in [0.2, 0.25) is 0 Å². The fourth-order valence-electron chi connectivity index (χ4n) is 3.31. The first-order chi connectivity index (χ1) is 13.0. The SMILES string of the molecule is Cc1ccc(C(=O)CN2CCN(C(=O)OCc3ccccc3)CC2)c(C)c1. The van der Waals surface area contributed by atoms with Crippen LogP contribution in [0.15, 0.2) is 48.5 Å². The molecule has 0 saturated carbocycles. The third kappa shape index (κ3) is 5.17. The van der Waals surface area contributed by atoms with Crippen molar-refractivity contribution in [3.63, 3.8) is 0 Å². The number of rotatable bonds is 5. The lowest BCUT2D eigenvalue weighted by atomic mass is 10.0. The van der Waals surface area contributed by atoms with E-state index in [1.807, 2.05) is 62.4 Å². The van der Waals surface area contributed by atoms with Crippen LogP contribution in [0, 0.1) is 13.8 Å². The van der Waals surface area contributed by atoms with Gasteiger partial charge in [0.2, 0.25) is 0 Å². The van der Waals surface area contributed by atoms with Crippen molar-refractivity contribution in [2.75, 3.05) is 32.7 Å². The van der Waals surface area contributed by atoms with E-state index in [-0.39, 0.29) is 18.5 Å². The molecule has 0 N–H and O–H groups in total. The molecular formula is C22H26N2O3. The Morgan fingerprint density at radius 3 is 2.33 bits per heavy atom. The lowest BCUT2D eigenvalue weighted by molar-refractivity contribution is 0.0678. The third-order valence-electron chi connectivity index (χ3n) is 4.89. The molecular weight excluding hydrogens is 340 g/mol. The van der Waals surface area contributed by atoms with Crippen LogP contribution in [-0.4, -0.2) is 54.4 Å². The highest BCUT2D eigenvalue weighted by Gasteiger charge is 2.24. The van der Waals surface area contributed by atoms with E-state index in [4.69, 9.17) is 4.74 Å². The number of ether oxygens (including phenoxy) is 1. The normalized spacial score (nSPS) is 14.8. The van der Waals surface area contributed by atoms with Crippen molar-refractivity contribution in [1.82, 2.24) is 9.80 Å². The lowest BCUT2D eigenvalue weighted by Crippen LogP contribution is -2.50. The first-order valence-electron chi connectivity index (χ1n) is 9.31. The molecule has 1 amide bonds. The molecule has 27 heavy (non-hydrogen) atoms. The van der Waals surface area contributed by atoms with Crippen molar-refractivity contribution >= 4 is 11.9 Å². The van der Waals surface area contributed by atoms with Crippen molar-refractivity contribution in [3.05, 3.63) is 70.8 Å². The summed E-state index contributed by atoms with van der Waals surface area (Å²) in [5.41, 5.74) is 3.93. The summed E-state index contributed by atoms with van der Waals surface area (Å²) in [5.74, 6) is 0.132. The predicted octanol–water partition coefficient (Wildman–Crippen LogP) is 3.44. The molecule has 0 aromatic heterocycles. The van der Waals surface area contributed by atoms with Crippen molar-refractivity contribution in [2.45, 2.75) is 20.5 Å². The number of Topliss-reactive ketones (excluding diaryl/α,β-unsaturated/α-hetero) is 1. The molecule has 0 aliphatic carbocycles. The van der Waals surface area contributed by atoms with Crippen molar-refractivity contribution in [3.8, 4) is 0 Å². The van der Waals surface area contributed by atoms with Crippen molar-refractivity contribution < 1.29 is 14.3 Å². The Kier molecular flexibility index (Phi) is 6.24. The Hall–Kier alpha value is -2.66. The Labute approximate surface area is 160 Å². The van der Waals surface area contributed by atoms with E-state index >= 15 is 0 Å². The van der Waals surface area contributed by atoms with Gasteiger partial charge in [0.1, 0.15) is 6.61 Å². The highest BCUT2D eigenvalue weighted by molar-refractivity contribution is 5.99. The zero-order chi connectivity index (χ0) is 19.2. The average Bonchev–Trinajstić information content (AvgIpc) is 2.67. The Bertz CT molecular complexity index is 796. The van der Waals surface area contributed by atoms with Crippen LogP contribution in [0.5, 0.6) is 0 Å². The van der Waals surface area contributed by atoms with Gasteiger partial charge in [-0.1, -0.05) is 54.1 Å². The van der Waals surface area contributed by atoms with E-state index in [0.29, 0.717) is 32.7 Å². The summed E-state index contributed by atoms with van der Waals surface area (Å²) in [4.78, 5) is 28.6. The number of amides is 1. The molecule has 0 atom stereocenters. The molecule has 0 spiro atoms. The maximum Gasteiger partial charge on any atom is 0.410 e. The second kappa shape index (κ2) is 8.82. The van der Waals surface area contributed by atoms with Gasteiger partial charge in [-0.2, -0.15) is 0 Å². The summed E-state index contributed by atoms with van der Waals surface area (Å²) in [6.07, 6.45) is -0.292. The van der Waals surface area contributed by atoms with Gasteiger partial charge in [0.05, 0.1) is 6.54 Å². The van der Waals surface area contributed by atoms with Gasteiger partial charge in [-0.05, 0) is 25.0 Å². The van der Waals surface area contributed by atoms with Gasteiger partial charge in [-0.15, -0.1) is 0 Å². The highest BCUT2D eigenvalue weighted by Crippen LogP contribution is 2.13. The number of hydrogen-bond acceptors (Lipinski definition) is 4. The number of hydrogen-bond donors (Lipinski definition) is 0. The summed E-state index contributed by atoms with van der Waals surface area (Å²) in [6.45, 7) is 7.18. The van der Waals surface area contributed by atoms with E-state index in [1.54, 1.807) is 4.90 Å². The van der Waals surface area contributed by atoms with Gasteiger partial charge in [0.25, 0.3) is 0 Å². The number of nitrogens with zero attached hydrogens (tertiary/aromatic N) is 2. The molecule has 2 aromatic rings. The molecule has 1 aliphatic heterocycles. The molecule has 142 valence electrons. The van der Waals surface area contributed by atoms with E-state index in [2.05, 4.69) is 4.90 Å². The number of ketones is 1. The Morgan fingerprint density at radius 1 is 0.963 bits per heavy atom. The van der Waals surface area contributed by atoms with Crippen molar-refractivity contribution in [1.29, 1.82) is 0 Å². The molecule has 1 saturated heterocycles. The van der Waals surface area contributed by atoms with Gasteiger partial charge in [-0.3, -0.25) is 9.69 Å². The number of benzene rings is 2. The monoisotopic (exact) mass is 366 g/mol. The smallest absolute Gasteiger partial charge is 0.410 e. The Balaban J connectivity index is 1.45. The predicted molar refractivity (Wildman–Crippen MR) is 105 cm³/mol. The van der Waals surface area contributed by atoms with E-state index in [9.17, 15) is 9.59 Å². The van der Waals surface area contributed by atoms with Crippen molar-refractivity contribution in [2.24, 2.45) is 0 Å². The first kappa shape index (κ1) is 19.1. The quantitative estimate of drug-likeness (QED) is 0.761. The molecule has 3 rings (SSSR count). The van der Waals surface area contributed by atoms with E-state index in [0.717, 1.165) is 22.3 Å². The number of carbonyl (C=O) groups excluding carboxylic acids is 2. The molecule has 1 fully saturated rings. The minimum Gasteiger partial charge on any atom is -0.445 e. The fourth-order valence-corrected chi connectivity index (χ4v) is 3.31. The number of piperazine rings is 1. The summed E-state index contributed by atoms with van der Waals surface area (Å²) < 4.78 is 5.38. The summed E-state index contributed by atoms with van der Waals surface area (Å²) in [6, 6.07) is 15.6. The summed E-state index contributed by atoms with van der Waals surface area (Å²) >= 11 is 0. The standard InChI is InChI=1S/C22H26N2O3/c1-17-8-9-20(18(2)14-17)21(25)15-23-10-12-24(13-11-23)22(26)27-16-19-6-4-3-5-7-19/h3-9,14H,10-13,15-16H2,1-2H3. The molecule has 5 heteroatoms. The second-order valence-corrected chi connectivity index (χ2v) is 7.04.